The lowest BCUT2D eigenvalue weighted by molar-refractivity contribution is 0.239. The molecule has 0 bridgehead atoms. The largest absolute Gasteiger partial charge is 0.337 e. The Hall–Kier alpha value is -2.30. The zero-order valence-electron chi connectivity index (χ0n) is 12.2. The molecule has 0 atom stereocenters. The number of benzene rings is 1. The summed E-state index contributed by atoms with van der Waals surface area (Å²) in [5.41, 5.74) is 2.44. The summed E-state index contributed by atoms with van der Waals surface area (Å²) < 4.78 is 1.76. The first-order valence-corrected chi connectivity index (χ1v) is 7.24. The molecular weight excluding hydrogens is 264 g/mol. The molecule has 2 amide bonds. The molecule has 2 aromatic rings. The van der Waals surface area contributed by atoms with Crippen LogP contribution < -0.4 is 10.6 Å². The first kappa shape index (κ1) is 13.7. The van der Waals surface area contributed by atoms with Gasteiger partial charge in [-0.2, -0.15) is 5.10 Å². The number of urea groups is 1. The molecule has 21 heavy (non-hydrogen) atoms. The number of carbonyl (C=O) groups excluding carboxylic acids is 1. The quantitative estimate of drug-likeness (QED) is 0.881. The normalized spacial score (nSPS) is 15.5. The summed E-state index contributed by atoms with van der Waals surface area (Å²) in [5, 5.41) is 9.93. The number of rotatable bonds is 5. The minimum atomic E-state index is -0.126. The molecule has 1 saturated carbocycles. The van der Waals surface area contributed by atoms with Crippen molar-refractivity contribution < 1.29 is 4.79 Å². The molecule has 0 unspecified atom stereocenters. The van der Waals surface area contributed by atoms with E-state index in [9.17, 15) is 4.79 Å². The van der Waals surface area contributed by atoms with Crippen molar-refractivity contribution in [2.45, 2.75) is 24.8 Å². The molecule has 0 saturated heterocycles. The zero-order valence-corrected chi connectivity index (χ0v) is 12.2. The summed E-state index contributed by atoms with van der Waals surface area (Å²) in [6, 6.07) is 12.2. The van der Waals surface area contributed by atoms with Crippen molar-refractivity contribution in [1.82, 2.24) is 20.4 Å². The molecule has 5 heteroatoms. The Labute approximate surface area is 124 Å². The van der Waals surface area contributed by atoms with Crippen molar-refractivity contribution in [3.63, 3.8) is 0 Å². The smallest absolute Gasteiger partial charge is 0.315 e. The minimum Gasteiger partial charge on any atom is -0.337 e. The van der Waals surface area contributed by atoms with E-state index in [-0.39, 0.29) is 11.4 Å². The van der Waals surface area contributed by atoms with E-state index in [1.54, 1.807) is 10.9 Å². The molecule has 0 spiro atoms. The van der Waals surface area contributed by atoms with Crippen LogP contribution in [-0.4, -0.2) is 22.4 Å². The zero-order chi connectivity index (χ0) is 14.7. The predicted octanol–water partition coefficient (Wildman–Crippen LogP) is 1.95. The number of nitrogens with one attached hydrogen (secondary N) is 2. The Kier molecular flexibility index (Phi) is 3.64. The van der Waals surface area contributed by atoms with Crippen LogP contribution in [-0.2, 0) is 19.0 Å². The molecule has 1 fully saturated rings. The van der Waals surface area contributed by atoms with E-state index < -0.39 is 0 Å². The maximum Gasteiger partial charge on any atom is 0.315 e. The molecule has 1 aromatic carbocycles. The Morgan fingerprint density at radius 2 is 2.00 bits per heavy atom. The number of nitrogens with zero attached hydrogens (tertiary/aromatic N) is 2. The highest BCUT2D eigenvalue weighted by molar-refractivity contribution is 5.74. The van der Waals surface area contributed by atoms with E-state index in [1.165, 1.54) is 5.56 Å². The second-order valence-electron chi connectivity index (χ2n) is 5.63. The van der Waals surface area contributed by atoms with E-state index in [1.807, 2.05) is 19.2 Å². The van der Waals surface area contributed by atoms with Gasteiger partial charge in [0.05, 0.1) is 12.2 Å². The van der Waals surface area contributed by atoms with Crippen LogP contribution in [0.5, 0.6) is 0 Å². The van der Waals surface area contributed by atoms with E-state index in [0.717, 1.165) is 18.5 Å². The summed E-state index contributed by atoms with van der Waals surface area (Å²) in [5.74, 6) is 0. The van der Waals surface area contributed by atoms with Crippen LogP contribution in [0.4, 0.5) is 4.79 Å². The SMILES string of the molecule is Cn1nccc1CNC(=O)NCC1(c2ccccc2)CC1. The second-order valence-corrected chi connectivity index (χ2v) is 5.63. The summed E-state index contributed by atoms with van der Waals surface area (Å²) >= 11 is 0. The molecule has 2 N–H and O–H groups in total. The standard InChI is InChI=1S/C16H20N4O/c1-20-14(7-10-19-20)11-17-15(21)18-12-16(8-9-16)13-5-3-2-4-6-13/h2-7,10H,8-9,11-12H2,1H3,(H2,17,18,21). The maximum absolute atomic E-state index is 11.9. The number of hydrogen-bond donors (Lipinski definition) is 2. The number of hydrogen-bond acceptors (Lipinski definition) is 2. The fourth-order valence-electron chi connectivity index (χ4n) is 2.57. The van der Waals surface area contributed by atoms with Crippen LogP contribution in [0.1, 0.15) is 24.1 Å². The molecular formula is C16H20N4O. The lowest BCUT2D eigenvalue weighted by Crippen LogP contribution is -2.39. The van der Waals surface area contributed by atoms with Crippen LogP contribution in [0.25, 0.3) is 0 Å². The maximum atomic E-state index is 11.9. The van der Waals surface area contributed by atoms with Gasteiger partial charge in [-0.25, -0.2) is 4.79 Å². The second kappa shape index (κ2) is 5.60. The van der Waals surface area contributed by atoms with Gasteiger partial charge in [-0.1, -0.05) is 30.3 Å². The highest BCUT2D eigenvalue weighted by Crippen LogP contribution is 2.47. The highest BCUT2D eigenvalue weighted by atomic mass is 16.2. The molecule has 1 aliphatic carbocycles. The fourth-order valence-corrected chi connectivity index (χ4v) is 2.57. The first-order valence-electron chi connectivity index (χ1n) is 7.24. The van der Waals surface area contributed by atoms with Gasteiger partial charge >= 0.3 is 6.03 Å². The van der Waals surface area contributed by atoms with Crippen LogP contribution in [0, 0.1) is 0 Å². The third kappa shape index (κ3) is 3.07. The Bertz CT molecular complexity index is 616. The van der Waals surface area contributed by atoms with E-state index in [2.05, 4.69) is 40.0 Å². The van der Waals surface area contributed by atoms with Crippen molar-refractivity contribution in [2.75, 3.05) is 6.54 Å². The van der Waals surface area contributed by atoms with Gasteiger partial charge in [0, 0.05) is 25.2 Å². The van der Waals surface area contributed by atoms with Crippen LogP contribution >= 0.6 is 0 Å². The highest BCUT2D eigenvalue weighted by Gasteiger charge is 2.44. The van der Waals surface area contributed by atoms with Crippen LogP contribution in [0.15, 0.2) is 42.6 Å². The molecule has 0 aliphatic heterocycles. The van der Waals surface area contributed by atoms with Gasteiger partial charge in [-0.05, 0) is 24.5 Å². The van der Waals surface area contributed by atoms with Gasteiger partial charge in [0.2, 0.25) is 0 Å². The molecule has 1 heterocycles. The van der Waals surface area contributed by atoms with Crippen molar-refractivity contribution in [1.29, 1.82) is 0 Å². The lowest BCUT2D eigenvalue weighted by Gasteiger charge is -2.17. The van der Waals surface area contributed by atoms with E-state index >= 15 is 0 Å². The summed E-state index contributed by atoms with van der Waals surface area (Å²) in [7, 11) is 1.86. The molecule has 0 radical (unpaired) electrons. The van der Waals surface area contributed by atoms with E-state index in [0.29, 0.717) is 13.1 Å². The predicted molar refractivity (Wildman–Crippen MR) is 80.8 cm³/mol. The first-order chi connectivity index (χ1) is 10.2. The molecule has 3 rings (SSSR count). The number of carbonyl (C=O) groups is 1. The van der Waals surface area contributed by atoms with Gasteiger partial charge in [0.1, 0.15) is 0 Å². The van der Waals surface area contributed by atoms with Crippen molar-refractivity contribution in [3.8, 4) is 0 Å². The topological polar surface area (TPSA) is 59.0 Å². The average Bonchev–Trinajstić information content (AvgIpc) is 3.20. The Balaban J connectivity index is 1.49. The number of aryl methyl sites for hydroxylation is 1. The monoisotopic (exact) mass is 284 g/mol. The molecule has 110 valence electrons. The third-order valence-corrected chi connectivity index (χ3v) is 4.18. The van der Waals surface area contributed by atoms with Gasteiger partial charge in [-0.15, -0.1) is 0 Å². The Morgan fingerprint density at radius 3 is 2.62 bits per heavy atom. The van der Waals surface area contributed by atoms with Crippen molar-refractivity contribution in [2.24, 2.45) is 7.05 Å². The number of aromatic nitrogens is 2. The fraction of sp³-hybridized carbons (Fsp3) is 0.375. The van der Waals surface area contributed by atoms with Gasteiger partial charge in [-0.3, -0.25) is 4.68 Å². The van der Waals surface area contributed by atoms with Gasteiger partial charge in [0.25, 0.3) is 0 Å². The van der Waals surface area contributed by atoms with Crippen molar-refractivity contribution in [3.05, 3.63) is 53.9 Å². The van der Waals surface area contributed by atoms with Crippen molar-refractivity contribution >= 4 is 6.03 Å². The van der Waals surface area contributed by atoms with E-state index in [4.69, 9.17) is 0 Å². The van der Waals surface area contributed by atoms with Crippen LogP contribution in [0.2, 0.25) is 0 Å². The Morgan fingerprint density at radius 1 is 1.24 bits per heavy atom. The average molecular weight is 284 g/mol. The molecule has 1 aliphatic rings. The van der Waals surface area contributed by atoms with Gasteiger partial charge in [0.15, 0.2) is 0 Å². The number of amides is 2. The summed E-state index contributed by atoms with van der Waals surface area (Å²) in [6.07, 6.45) is 4.00. The minimum absolute atomic E-state index is 0.126. The molecule has 5 nitrogen and oxygen atoms in total. The lowest BCUT2D eigenvalue weighted by atomic mass is 9.96. The summed E-state index contributed by atoms with van der Waals surface area (Å²) in [6.45, 7) is 1.18. The summed E-state index contributed by atoms with van der Waals surface area (Å²) in [4.78, 5) is 11.9. The molecule has 1 aromatic heterocycles. The van der Waals surface area contributed by atoms with Gasteiger partial charge < -0.3 is 10.6 Å². The third-order valence-electron chi connectivity index (χ3n) is 4.18. The van der Waals surface area contributed by atoms with Crippen LogP contribution in [0.3, 0.4) is 0 Å².